The summed E-state index contributed by atoms with van der Waals surface area (Å²) in [5.41, 5.74) is 2.57. The Labute approximate surface area is 124 Å². The van der Waals surface area contributed by atoms with Crippen LogP contribution in [0.15, 0.2) is 42.9 Å². The van der Waals surface area contributed by atoms with Gasteiger partial charge in [-0.2, -0.15) is 0 Å². The molecule has 5 nitrogen and oxygen atoms in total. The molecule has 1 amide bonds. The van der Waals surface area contributed by atoms with Crippen LogP contribution in [0.25, 0.3) is 0 Å². The van der Waals surface area contributed by atoms with Gasteiger partial charge in [0.15, 0.2) is 0 Å². The number of aryl methyl sites for hydroxylation is 1. The SMILES string of the molecule is Cc1ccc(C(=O)N2CC[C@@H](Nc3cccnc3)C2)cn1. The molecule has 5 heteroatoms. The van der Waals surface area contributed by atoms with Crippen molar-refractivity contribution in [3.63, 3.8) is 0 Å². The van der Waals surface area contributed by atoms with Crippen LogP contribution in [0.2, 0.25) is 0 Å². The summed E-state index contributed by atoms with van der Waals surface area (Å²) in [6.45, 7) is 3.39. The molecule has 21 heavy (non-hydrogen) atoms. The van der Waals surface area contributed by atoms with E-state index in [4.69, 9.17) is 0 Å². The number of nitrogens with one attached hydrogen (secondary N) is 1. The van der Waals surface area contributed by atoms with Gasteiger partial charge in [-0.1, -0.05) is 0 Å². The largest absolute Gasteiger partial charge is 0.379 e. The third kappa shape index (κ3) is 3.18. The lowest BCUT2D eigenvalue weighted by Crippen LogP contribution is -2.31. The first-order valence-corrected chi connectivity index (χ1v) is 7.11. The van der Waals surface area contributed by atoms with E-state index >= 15 is 0 Å². The molecule has 0 saturated carbocycles. The standard InChI is InChI=1S/C16H18N4O/c1-12-4-5-13(9-18-12)16(21)20-8-6-15(11-20)19-14-3-2-7-17-10-14/h2-5,7,9-10,15,19H,6,8,11H2,1H3/t15-/m1/s1. The van der Waals surface area contributed by atoms with Crippen LogP contribution in [0.4, 0.5) is 5.69 Å². The van der Waals surface area contributed by atoms with Crippen LogP contribution >= 0.6 is 0 Å². The number of carbonyl (C=O) groups is 1. The zero-order valence-electron chi connectivity index (χ0n) is 12.0. The van der Waals surface area contributed by atoms with Gasteiger partial charge in [-0.15, -0.1) is 0 Å². The van der Waals surface area contributed by atoms with Crippen molar-refractivity contribution < 1.29 is 4.79 Å². The topological polar surface area (TPSA) is 58.1 Å². The number of hydrogen-bond acceptors (Lipinski definition) is 4. The molecule has 1 aliphatic heterocycles. The van der Waals surface area contributed by atoms with Crippen molar-refractivity contribution in [1.82, 2.24) is 14.9 Å². The van der Waals surface area contributed by atoms with Crippen LogP contribution in [-0.4, -0.2) is 39.9 Å². The highest BCUT2D eigenvalue weighted by atomic mass is 16.2. The lowest BCUT2D eigenvalue weighted by atomic mass is 10.2. The molecule has 0 unspecified atom stereocenters. The maximum absolute atomic E-state index is 12.4. The summed E-state index contributed by atoms with van der Waals surface area (Å²) in [6.07, 6.45) is 6.15. The van der Waals surface area contributed by atoms with Gasteiger partial charge in [-0.25, -0.2) is 0 Å². The van der Waals surface area contributed by atoms with Gasteiger partial charge in [0.05, 0.1) is 11.3 Å². The van der Waals surface area contributed by atoms with Crippen molar-refractivity contribution in [2.24, 2.45) is 0 Å². The van der Waals surface area contributed by atoms with E-state index in [1.165, 1.54) is 0 Å². The molecule has 0 spiro atoms. The minimum atomic E-state index is 0.0537. The van der Waals surface area contributed by atoms with Gasteiger partial charge in [0, 0.05) is 43.4 Å². The number of pyridine rings is 2. The number of anilines is 1. The van der Waals surface area contributed by atoms with Gasteiger partial charge in [0.25, 0.3) is 5.91 Å². The molecule has 2 aromatic rings. The summed E-state index contributed by atoms with van der Waals surface area (Å²) in [7, 11) is 0. The van der Waals surface area contributed by atoms with Crippen molar-refractivity contribution >= 4 is 11.6 Å². The van der Waals surface area contributed by atoms with E-state index < -0.39 is 0 Å². The van der Waals surface area contributed by atoms with Gasteiger partial charge in [-0.05, 0) is 37.6 Å². The Morgan fingerprint density at radius 3 is 2.95 bits per heavy atom. The van der Waals surface area contributed by atoms with Crippen molar-refractivity contribution in [2.45, 2.75) is 19.4 Å². The summed E-state index contributed by atoms with van der Waals surface area (Å²) in [4.78, 5) is 22.5. The van der Waals surface area contributed by atoms with Gasteiger partial charge < -0.3 is 10.2 Å². The second kappa shape index (κ2) is 5.91. The number of rotatable bonds is 3. The maximum Gasteiger partial charge on any atom is 0.255 e. The molecule has 0 bridgehead atoms. The van der Waals surface area contributed by atoms with Crippen molar-refractivity contribution in [3.8, 4) is 0 Å². The fraction of sp³-hybridized carbons (Fsp3) is 0.312. The zero-order valence-corrected chi connectivity index (χ0v) is 12.0. The number of likely N-dealkylation sites (tertiary alicyclic amines) is 1. The first-order valence-electron chi connectivity index (χ1n) is 7.11. The van der Waals surface area contributed by atoms with Crippen LogP contribution in [0.3, 0.4) is 0 Å². The van der Waals surface area contributed by atoms with E-state index in [1.807, 2.05) is 36.1 Å². The van der Waals surface area contributed by atoms with Gasteiger partial charge in [0.1, 0.15) is 0 Å². The highest BCUT2D eigenvalue weighted by Gasteiger charge is 2.26. The molecule has 1 N–H and O–H groups in total. The molecule has 108 valence electrons. The summed E-state index contributed by atoms with van der Waals surface area (Å²) >= 11 is 0. The molecule has 1 saturated heterocycles. The van der Waals surface area contributed by atoms with Gasteiger partial charge in [-0.3, -0.25) is 14.8 Å². The third-order valence-electron chi connectivity index (χ3n) is 3.67. The molecular weight excluding hydrogens is 264 g/mol. The monoisotopic (exact) mass is 282 g/mol. The molecule has 3 heterocycles. The molecule has 0 aromatic carbocycles. The van der Waals surface area contributed by atoms with Crippen LogP contribution in [0, 0.1) is 6.92 Å². The van der Waals surface area contributed by atoms with Crippen molar-refractivity contribution in [2.75, 3.05) is 18.4 Å². The van der Waals surface area contributed by atoms with E-state index in [2.05, 4.69) is 15.3 Å². The molecule has 1 aliphatic rings. The average molecular weight is 282 g/mol. The predicted molar refractivity (Wildman–Crippen MR) is 81.1 cm³/mol. The van der Waals surface area contributed by atoms with Crippen LogP contribution in [-0.2, 0) is 0 Å². The smallest absolute Gasteiger partial charge is 0.255 e. The molecule has 1 fully saturated rings. The Bertz CT molecular complexity index is 612. The molecule has 2 aromatic heterocycles. The summed E-state index contributed by atoms with van der Waals surface area (Å²) in [5, 5.41) is 3.41. The first-order chi connectivity index (χ1) is 10.2. The minimum absolute atomic E-state index is 0.0537. The quantitative estimate of drug-likeness (QED) is 0.936. The number of hydrogen-bond donors (Lipinski definition) is 1. The predicted octanol–water partition coefficient (Wildman–Crippen LogP) is 2.11. The normalized spacial score (nSPS) is 17.8. The molecule has 0 aliphatic carbocycles. The Kier molecular flexibility index (Phi) is 3.81. The lowest BCUT2D eigenvalue weighted by Gasteiger charge is -2.17. The van der Waals surface area contributed by atoms with E-state index in [0.29, 0.717) is 12.1 Å². The van der Waals surface area contributed by atoms with E-state index in [-0.39, 0.29) is 11.9 Å². The van der Waals surface area contributed by atoms with E-state index in [9.17, 15) is 4.79 Å². The van der Waals surface area contributed by atoms with E-state index in [0.717, 1.165) is 24.3 Å². The van der Waals surface area contributed by atoms with E-state index in [1.54, 1.807) is 18.6 Å². The minimum Gasteiger partial charge on any atom is -0.379 e. The first kappa shape index (κ1) is 13.5. The lowest BCUT2D eigenvalue weighted by molar-refractivity contribution is 0.0791. The Morgan fingerprint density at radius 2 is 2.24 bits per heavy atom. The van der Waals surface area contributed by atoms with Crippen LogP contribution in [0.1, 0.15) is 22.5 Å². The average Bonchev–Trinajstić information content (AvgIpc) is 2.97. The Morgan fingerprint density at radius 1 is 1.33 bits per heavy atom. The summed E-state index contributed by atoms with van der Waals surface area (Å²) in [5.74, 6) is 0.0537. The second-order valence-corrected chi connectivity index (χ2v) is 5.31. The molecule has 3 rings (SSSR count). The number of amides is 1. The van der Waals surface area contributed by atoms with Gasteiger partial charge >= 0.3 is 0 Å². The van der Waals surface area contributed by atoms with Crippen molar-refractivity contribution in [3.05, 3.63) is 54.1 Å². The Hall–Kier alpha value is -2.43. The fourth-order valence-electron chi connectivity index (χ4n) is 2.52. The maximum atomic E-state index is 12.4. The van der Waals surface area contributed by atoms with Crippen molar-refractivity contribution in [1.29, 1.82) is 0 Å². The highest BCUT2D eigenvalue weighted by molar-refractivity contribution is 5.94. The fourth-order valence-corrected chi connectivity index (χ4v) is 2.52. The number of nitrogens with zero attached hydrogens (tertiary/aromatic N) is 3. The molecular formula is C16H18N4O. The number of aromatic nitrogens is 2. The molecule has 0 radical (unpaired) electrons. The highest BCUT2D eigenvalue weighted by Crippen LogP contribution is 2.17. The third-order valence-corrected chi connectivity index (χ3v) is 3.67. The van der Waals surface area contributed by atoms with Gasteiger partial charge in [0.2, 0.25) is 0 Å². The summed E-state index contributed by atoms with van der Waals surface area (Å²) < 4.78 is 0. The second-order valence-electron chi connectivity index (χ2n) is 5.31. The summed E-state index contributed by atoms with van der Waals surface area (Å²) in [6, 6.07) is 7.87. The molecule has 1 atom stereocenters. The van der Waals surface area contributed by atoms with Crippen LogP contribution < -0.4 is 5.32 Å². The number of carbonyl (C=O) groups excluding carboxylic acids is 1. The van der Waals surface area contributed by atoms with Crippen LogP contribution in [0.5, 0.6) is 0 Å². The zero-order chi connectivity index (χ0) is 14.7. The Balaban J connectivity index is 1.61.